The fraction of sp³-hybridized carbons (Fsp3) is 0.125. The molecular weight excluding hydrogens is 208 g/mol. The van der Waals surface area contributed by atoms with Crippen molar-refractivity contribution >= 4 is 0 Å². The molecule has 17 heavy (non-hydrogen) atoms. The topological polar surface area (TPSA) is 9.23 Å². The maximum absolute atomic E-state index is 5.40. The van der Waals surface area contributed by atoms with Gasteiger partial charge < -0.3 is 4.74 Å². The molecule has 0 atom stereocenters. The van der Waals surface area contributed by atoms with Gasteiger partial charge in [-0.2, -0.15) is 0 Å². The van der Waals surface area contributed by atoms with Gasteiger partial charge in [-0.05, 0) is 16.7 Å². The molecule has 0 radical (unpaired) electrons. The minimum absolute atomic E-state index is 0.598. The first-order chi connectivity index (χ1) is 8.40. The van der Waals surface area contributed by atoms with Crippen LogP contribution < -0.4 is 0 Å². The van der Waals surface area contributed by atoms with E-state index in [0.717, 1.165) is 0 Å². The molecule has 0 aliphatic rings. The lowest BCUT2D eigenvalue weighted by Gasteiger charge is -2.04. The minimum Gasteiger partial charge on any atom is -0.373 e. The van der Waals surface area contributed by atoms with Crippen molar-refractivity contribution in [2.75, 3.05) is 6.61 Å². The van der Waals surface area contributed by atoms with E-state index in [0.29, 0.717) is 13.2 Å². The van der Waals surface area contributed by atoms with Crippen LogP contribution in [0.5, 0.6) is 0 Å². The molecule has 0 saturated heterocycles. The predicted molar refractivity (Wildman–Crippen MR) is 71.7 cm³/mol. The van der Waals surface area contributed by atoms with Gasteiger partial charge in [0.15, 0.2) is 0 Å². The van der Waals surface area contributed by atoms with Gasteiger partial charge in [-0.1, -0.05) is 60.7 Å². The predicted octanol–water partition coefficient (Wildman–Crippen LogP) is 4.06. The summed E-state index contributed by atoms with van der Waals surface area (Å²) in [7, 11) is 0. The number of benzene rings is 2. The van der Waals surface area contributed by atoms with E-state index in [4.69, 9.17) is 4.74 Å². The van der Waals surface area contributed by atoms with Crippen LogP contribution in [-0.2, 0) is 11.3 Å². The van der Waals surface area contributed by atoms with Crippen molar-refractivity contribution in [2.24, 2.45) is 0 Å². The van der Waals surface area contributed by atoms with Crippen LogP contribution in [0.25, 0.3) is 11.1 Å². The van der Waals surface area contributed by atoms with E-state index in [9.17, 15) is 0 Å². The highest BCUT2D eigenvalue weighted by atomic mass is 16.5. The van der Waals surface area contributed by atoms with Gasteiger partial charge in [-0.15, -0.1) is 6.58 Å². The van der Waals surface area contributed by atoms with Crippen LogP contribution in [0.15, 0.2) is 67.3 Å². The summed E-state index contributed by atoms with van der Waals surface area (Å²) < 4.78 is 5.40. The highest BCUT2D eigenvalue weighted by Crippen LogP contribution is 2.19. The van der Waals surface area contributed by atoms with Crippen molar-refractivity contribution in [2.45, 2.75) is 6.61 Å². The lowest BCUT2D eigenvalue weighted by atomic mass is 10.0. The van der Waals surface area contributed by atoms with E-state index in [1.54, 1.807) is 6.08 Å². The molecule has 86 valence electrons. The van der Waals surface area contributed by atoms with Crippen LogP contribution in [-0.4, -0.2) is 6.61 Å². The van der Waals surface area contributed by atoms with Crippen molar-refractivity contribution in [1.29, 1.82) is 0 Å². The summed E-state index contributed by atoms with van der Waals surface area (Å²) in [5, 5.41) is 0. The van der Waals surface area contributed by atoms with E-state index in [1.165, 1.54) is 16.7 Å². The Bertz CT molecular complexity index is 457. The molecule has 0 heterocycles. The number of hydrogen-bond donors (Lipinski definition) is 0. The fourth-order valence-electron chi connectivity index (χ4n) is 1.68. The molecule has 0 N–H and O–H groups in total. The Morgan fingerprint density at radius 1 is 0.882 bits per heavy atom. The Balaban J connectivity index is 2.05. The van der Waals surface area contributed by atoms with Gasteiger partial charge in [0.25, 0.3) is 0 Å². The van der Waals surface area contributed by atoms with E-state index >= 15 is 0 Å². The largest absolute Gasteiger partial charge is 0.373 e. The zero-order valence-corrected chi connectivity index (χ0v) is 9.80. The molecule has 2 aromatic carbocycles. The third-order valence-corrected chi connectivity index (χ3v) is 2.57. The van der Waals surface area contributed by atoms with E-state index in [-0.39, 0.29) is 0 Å². The van der Waals surface area contributed by atoms with Crippen LogP contribution >= 0.6 is 0 Å². The molecule has 0 aliphatic carbocycles. The van der Waals surface area contributed by atoms with Gasteiger partial charge >= 0.3 is 0 Å². The van der Waals surface area contributed by atoms with Gasteiger partial charge in [0, 0.05) is 0 Å². The standard InChI is InChI=1S/C16H16O/c1-2-12-17-13-14-8-10-16(11-9-14)15-6-4-3-5-7-15/h2-11H,1,12-13H2. The molecule has 2 rings (SSSR count). The summed E-state index contributed by atoms with van der Waals surface area (Å²) in [4.78, 5) is 0. The maximum Gasteiger partial charge on any atom is 0.0721 e. The highest BCUT2D eigenvalue weighted by molar-refractivity contribution is 5.63. The van der Waals surface area contributed by atoms with Gasteiger partial charge in [-0.25, -0.2) is 0 Å². The second kappa shape index (κ2) is 6.02. The third-order valence-electron chi connectivity index (χ3n) is 2.57. The summed E-state index contributed by atoms with van der Waals surface area (Å²) in [6.07, 6.45) is 1.76. The molecule has 1 heteroatoms. The molecule has 0 aromatic heterocycles. The van der Waals surface area contributed by atoms with Crippen LogP contribution in [0.4, 0.5) is 0 Å². The highest BCUT2D eigenvalue weighted by Gasteiger charge is 1.97. The van der Waals surface area contributed by atoms with Gasteiger partial charge in [0.1, 0.15) is 0 Å². The van der Waals surface area contributed by atoms with Crippen molar-refractivity contribution in [3.63, 3.8) is 0 Å². The lowest BCUT2D eigenvalue weighted by Crippen LogP contribution is -1.92. The SMILES string of the molecule is C=CCOCc1ccc(-c2ccccc2)cc1. The molecule has 0 unspecified atom stereocenters. The molecule has 2 aromatic rings. The molecule has 0 fully saturated rings. The van der Waals surface area contributed by atoms with Crippen LogP contribution in [0.1, 0.15) is 5.56 Å². The Morgan fingerprint density at radius 3 is 2.18 bits per heavy atom. The first-order valence-corrected chi connectivity index (χ1v) is 5.73. The fourth-order valence-corrected chi connectivity index (χ4v) is 1.68. The van der Waals surface area contributed by atoms with Crippen molar-refractivity contribution in [3.05, 3.63) is 72.8 Å². The zero-order valence-electron chi connectivity index (χ0n) is 9.80. The Kier molecular flexibility index (Phi) is 4.11. The summed E-state index contributed by atoms with van der Waals surface area (Å²) in [5.74, 6) is 0. The van der Waals surface area contributed by atoms with Crippen LogP contribution in [0.2, 0.25) is 0 Å². The molecule has 0 aliphatic heterocycles. The first kappa shape index (κ1) is 11.6. The summed E-state index contributed by atoms with van der Waals surface area (Å²) in [6.45, 7) is 4.86. The Morgan fingerprint density at radius 2 is 1.53 bits per heavy atom. The third kappa shape index (κ3) is 3.30. The summed E-state index contributed by atoms with van der Waals surface area (Å²) in [5.41, 5.74) is 3.66. The van der Waals surface area contributed by atoms with E-state index < -0.39 is 0 Å². The quantitative estimate of drug-likeness (QED) is 0.550. The first-order valence-electron chi connectivity index (χ1n) is 5.73. The van der Waals surface area contributed by atoms with Crippen molar-refractivity contribution in [3.8, 4) is 11.1 Å². The lowest BCUT2D eigenvalue weighted by molar-refractivity contribution is 0.149. The summed E-state index contributed by atoms with van der Waals surface area (Å²) >= 11 is 0. The molecular formula is C16H16O. The normalized spacial score (nSPS) is 10.1. The Hall–Kier alpha value is -1.86. The minimum atomic E-state index is 0.598. The van der Waals surface area contributed by atoms with Gasteiger partial charge in [-0.3, -0.25) is 0 Å². The van der Waals surface area contributed by atoms with Gasteiger partial charge in [0.05, 0.1) is 13.2 Å². The summed E-state index contributed by atoms with van der Waals surface area (Å²) in [6, 6.07) is 18.8. The molecule has 0 amide bonds. The van der Waals surface area contributed by atoms with E-state index in [1.807, 2.05) is 6.07 Å². The van der Waals surface area contributed by atoms with Crippen LogP contribution in [0, 0.1) is 0 Å². The van der Waals surface area contributed by atoms with E-state index in [2.05, 4.69) is 55.1 Å². The Labute approximate surface area is 102 Å². The number of rotatable bonds is 5. The van der Waals surface area contributed by atoms with Crippen molar-refractivity contribution in [1.82, 2.24) is 0 Å². The van der Waals surface area contributed by atoms with Gasteiger partial charge in [0.2, 0.25) is 0 Å². The molecule has 0 saturated carbocycles. The average molecular weight is 224 g/mol. The zero-order chi connectivity index (χ0) is 11.9. The average Bonchev–Trinajstić information content (AvgIpc) is 2.41. The molecule has 0 bridgehead atoms. The van der Waals surface area contributed by atoms with Crippen LogP contribution in [0.3, 0.4) is 0 Å². The second-order valence-electron chi connectivity index (χ2n) is 3.87. The monoisotopic (exact) mass is 224 g/mol. The second-order valence-corrected chi connectivity index (χ2v) is 3.87. The van der Waals surface area contributed by atoms with Crippen molar-refractivity contribution < 1.29 is 4.74 Å². The number of hydrogen-bond acceptors (Lipinski definition) is 1. The maximum atomic E-state index is 5.40. The molecule has 0 spiro atoms. The smallest absolute Gasteiger partial charge is 0.0721 e. The molecule has 1 nitrogen and oxygen atoms in total. The number of ether oxygens (including phenoxy) is 1.